The van der Waals surface area contributed by atoms with Crippen molar-refractivity contribution in [3.8, 4) is 0 Å². The molecule has 0 fully saturated rings. The molecular formula is C15H17ClN2O2S. The summed E-state index contributed by atoms with van der Waals surface area (Å²) in [5, 5.41) is 0.337. The molecule has 0 radical (unpaired) electrons. The molecule has 2 aromatic carbocycles. The molecule has 0 atom stereocenters. The minimum Gasteiger partial charge on any atom is -0.397 e. The van der Waals surface area contributed by atoms with E-state index in [9.17, 15) is 8.42 Å². The molecule has 0 heterocycles. The average Bonchev–Trinajstić information content (AvgIpc) is 2.49. The van der Waals surface area contributed by atoms with Crippen LogP contribution in [0.1, 0.15) is 12.5 Å². The van der Waals surface area contributed by atoms with Crippen LogP contribution < -0.4 is 10.0 Å². The summed E-state index contributed by atoms with van der Waals surface area (Å²) >= 11 is 5.83. The van der Waals surface area contributed by atoms with Gasteiger partial charge in [-0.15, -0.1) is 0 Å². The predicted octanol–water partition coefficient (Wildman–Crippen LogP) is 3.31. The molecule has 4 nitrogen and oxygen atoms in total. The number of aryl methyl sites for hydroxylation is 1. The molecule has 2 aromatic rings. The van der Waals surface area contributed by atoms with Crippen LogP contribution in [0.5, 0.6) is 0 Å². The maximum atomic E-state index is 12.6. The standard InChI is InChI=1S/C15H17ClN2O2S/c1-3-11-4-6-12(7-5-11)18(2)21(19,20)13-8-9-14(16)15(17)10-13/h4-10H,3,17H2,1-2H3. The predicted molar refractivity (Wildman–Crippen MR) is 87.3 cm³/mol. The van der Waals surface area contributed by atoms with Gasteiger partial charge in [0, 0.05) is 7.05 Å². The van der Waals surface area contributed by atoms with Crippen LogP contribution >= 0.6 is 11.6 Å². The molecule has 0 bridgehead atoms. The third kappa shape index (κ3) is 3.14. The minimum atomic E-state index is -3.66. The molecule has 112 valence electrons. The molecule has 0 saturated carbocycles. The fourth-order valence-corrected chi connectivity index (χ4v) is 3.27. The molecule has 0 aliphatic carbocycles. The number of anilines is 2. The molecule has 2 N–H and O–H groups in total. The molecule has 0 aliphatic rings. The van der Waals surface area contributed by atoms with Crippen molar-refractivity contribution in [3.63, 3.8) is 0 Å². The summed E-state index contributed by atoms with van der Waals surface area (Å²) in [6, 6.07) is 11.7. The fraction of sp³-hybridized carbons (Fsp3) is 0.200. The third-order valence-electron chi connectivity index (χ3n) is 3.33. The van der Waals surface area contributed by atoms with Crippen LogP contribution in [-0.4, -0.2) is 15.5 Å². The zero-order valence-corrected chi connectivity index (χ0v) is 13.4. The van der Waals surface area contributed by atoms with Gasteiger partial charge in [0.2, 0.25) is 0 Å². The van der Waals surface area contributed by atoms with Crippen molar-refractivity contribution in [1.29, 1.82) is 0 Å². The molecule has 0 amide bonds. The Hall–Kier alpha value is -1.72. The smallest absolute Gasteiger partial charge is 0.264 e. The van der Waals surface area contributed by atoms with Crippen LogP contribution in [0.4, 0.5) is 11.4 Å². The average molecular weight is 325 g/mol. The third-order valence-corrected chi connectivity index (χ3v) is 5.46. The Balaban J connectivity index is 2.39. The van der Waals surface area contributed by atoms with Gasteiger partial charge in [-0.1, -0.05) is 30.7 Å². The molecule has 0 aliphatic heterocycles. The highest BCUT2D eigenvalue weighted by molar-refractivity contribution is 7.92. The lowest BCUT2D eigenvalue weighted by atomic mass is 10.1. The number of benzene rings is 2. The number of nitrogen functional groups attached to an aromatic ring is 1. The number of hydrogen-bond acceptors (Lipinski definition) is 3. The monoisotopic (exact) mass is 324 g/mol. The first-order valence-corrected chi connectivity index (χ1v) is 8.31. The Morgan fingerprint density at radius 1 is 1.14 bits per heavy atom. The lowest BCUT2D eigenvalue weighted by Gasteiger charge is -2.20. The van der Waals surface area contributed by atoms with Crippen molar-refractivity contribution in [3.05, 3.63) is 53.1 Å². The lowest BCUT2D eigenvalue weighted by molar-refractivity contribution is 0.594. The van der Waals surface area contributed by atoms with E-state index in [4.69, 9.17) is 17.3 Å². The summed E-state index contributed by atoms with van der Waals surface area (Å²) < 4.78 is 26.4. The van der Waals surface area contributed by atoms with Crippen LogP contribution in [0, 0.1) is 0 Å². The van der Waals surface area contributed by atoms with Crippen LogP contribution in [-0.2, 0) is 16.4 Å². The van der Waals surface area contributed by atoms with Crippen molar-refractivity contribution in [1.82, 2.24) is 0 Å². The van der Waals surface area contributed by atoms with Gasteiger partial charge in [0.25, 0.3) is 10.0 Å². The van der Waals surface area contributed by atoms with Gasteiger partial charge in [-0.05, 0) is 42.3 Å². The minimum absolute atomic E-state index is 0.117. The summed E-state index contributed by atoms with van der Waals surface area (Å²) in [4.78, 5) is 0.117. The summed E-state index contributed by atoms with van der Waals surface area (Å²) in [6.07, 6.45) is 0.907. The Bertz CT molecular complexity index is 743. The van der Waals surface area contributed by atoms with Crippen molar-refractivity contribution >= 4 is 33.0 Å². The van der Waals surface area contributed by atoms with Crippen molar-refractivity contribution < 1.29 is 8.42 Å². The second-order valence-electron chi connectivity index (χ2n) is 4.68. The SMILES string of the molecule is CCc1ccc(N(C)S(=O)(=O)c2ccc(Cl)c(N)c2)cc1. The van der Waals surface area contributed by atoms with Gasteiger partial charge in [0.05, 0.1) is 21.3 Å². The first kappa shape index (κ1) is 15.7. The zero-order valence-electron chi connectivity index (χ0n) is 11.9. The normalized spacial score (nSPS) is 11.4. The van der Waals surface area contributed by atoms with Crippen molar-refractivity contribution in [2.75, 3.05) is 17.1 Å². The van der Waals surface area contributed by atoms with Gasteiger partial charge in [-0.2, -0.15) is 0 Å². The molecule has 0 aromatic heterocycles. The molecular weight excluding hydrogens is 308 g/mol. The Morgan fingerprint density at radius 3 is 2.29 bits per heavy atom. The quantitative estimate of drug-likeness (QED) is 0.878. The van der Waals surface area contributed by atoms with E-state index >= 15 is 0 Å². The van der Waals surface area contributed by atoms with E-state index in [1.54, 1.807) is 12.1 Å². The lowest BCUT2D eigenvalue weighted by Crippen LogP contribution is -2.26. The highest BCUT2D eigenvalue weighted by Gasteiger charge is 2.21. The van der Waals surface area contributed by atoms with Gasteiger partial charge in [0.15, 0.2) is 0 Å². The fourth-order valence-electron chi connectivity index (χ4n) is 1.92. The van der Waals surface area contributed by atoms with Crippen molar-refractivity contribution in [2.45, 2.75) is 18.2 Å². The van der Waals surface area contributed by atoms with E-state index in [0.717, 1.165) is 12.0 Å². The number of nitrogens with zero attached hydrogens (tertiary/aromatic N) is 1. The Kier molecular flexibility index (Phi) is 4.44. The first-order chi connectivity index (χ1) is 9.86. The van der Waals surface area contributed by atoms with E-state index in [1.165, 1.54) is 29.6 Å². The van der Waals surface area contributed by atoms with Gasteiger partial charge >= 0.3 is 0 Å². The van der Waals surface area contributed by atoms with E-state index in [0.29, 0.717) is 10.7 Å². The number of hydrogen-bond donors (Lipinski definition) is 1. The highest BCUT2D eigenvalue weighted by atomic mass is 35.5. The second kappa shape index (κ2) is 5.95. The Labute approximate surface area is 130 Å². The second-order valence-corrected chi connectivity index (χ2v) is 7.05. The maximum Gasteiger partial charge on any atom is 0.264 e. The van der Waals surface area contributed by atoms with Crippen LogP contribution in [0.2, 0.25) is 5.02 Å². The van der Waals surface area contributed by atoms with Gasteiger partial charge in [-0.3, -0.25) is 4.31 Å². The topological polar surface area (TPSA) is 63.4 Å². The number of halogens is 1. The van der Waals surface area contributed by atoms with E-state index in [-0.39, 0.29) is 10.6 Å². The van der Waals surface area contributed by atoms with E-state index in [2.05, 4.69) is 0 Å². The van der Waals surface area contributed by atoms with Gasteiger partial charge in [0.1, 0.15) is 0 Å². The summed E-state index contributed by atoms with van der Waals surface area (Å²) in [6.45, 7) is 2.05. The van der Waals surface area contributed by atoms with Gasteiger partial charge < -0.3 is 5.73 Å². The molecule has 0 unspecified atom stereocenters. The number of nitrogens with two attached hydrogens (primary N) is 1. The maximum absolute atomic E-state index is 12.6. The van der Waals surface area contributed by atoms with Crippen LogP contribution in [0.15, 0.2) is 47.4 Å². The zero-order chi connectivity index (χ0) is 15.6. The molecule has 21 heavy (non-hydrogen) atoms. The van der Waals surface area contributed by atoms with Crippen LogP contribution in [0.25, 0.3) is 0 Å². The van der Waals surface area contributed by atoms with E-state index < -0.39 is 10.0 Å². The Morgan fingerprint density at radius 2 is 1.76 bits per heavy atom. The molecule has 0 saturated heterocycles. The number of sulfonamides is 1. The summed E-state index contributed by atoms with van der Waals surface area (Å²) in [5.74, 6) is 0. The molecule has 6 heteroatoms. The number of rotatable bonds is 4. The first-order valence-electron chi connectivity index (χ1n) is 6.49. The largest absolute Gasteiger partial charge is 0.397 e. The van der Waals surface area contributed by atoms with E-state index in [1.807, 2.05) is 19.1 Å². The van der Waals surface area contributed by atoms with Crippen molar-refractivity contribution in [2.24, 2.45) is 0 Å². The summed E-state index contributed by atoms with van der Waals surface area (Å²) in [5.41, 5.74) is 7.67. The van der Waals surface area contributed by atoms with Crippen LogP contribution in [0.3, 0.4) is 0 Å². The molecule has 0 spiro atoms. The summed E-state index contributed by atoms with van der Waals surface area (Å²) in [7, 11) is -2.14. The van der Waals surface area contributed by atoms with Gasteiger partial charge in [-0.25, -0.2) is 8.42 Å². The molecule has 2 rings (SSSR count). The highest BCUT2D eigenvalue weighted by Crippen LogP contribution is 2.26.